The molecule has 1 fully saturated rings. The fourth-order valence-corrected chi connectivity index (χ4v) is 6.99. The molecule has 8 heteroatoms. The topological polar surface area (TPSA) is 99.9 Å². The van der Waals surface area contributed by atoms with Crippen LogP contribution < -0.4 is 5.32 Å². The molecule has 2 N–H and O–H groups in total. The summed E-state index contributed by atoms with van der Waals surface area (Å²) in [5.74, 6) is -2.56. The van der Waals surface area contributed by atoms with E-state index in [2.05, 4.69) is 5.32 Å². The zero-order valence-electron chi connectivity index (χ0n) is 23.1. The van der Waals surface area contributed by atoms with E-state index in [0.717, 1.165) is 21.6 Å². The first-order chi connectivity index (χ1) is 19.0. The Morgan fingerprint density at radius 3 is 2.05 bits per heavy atom. The predicted molar refractivity (Wildman–Crippen MR) is 155 cm³/mol. The first kappa shape index (κ1) is 27.4. The lowest BCUT2D eigenvalue weighted by molar-refractivity contribution is -0.148. The van der Waals surface area contributed by atoms with Crippen molar-refractivity contribution in [2.24, 2.45) is 5.92 Å². The van der Waals surface area contributed by atoms with Crippen molar-refractivity contribution in [3.05, 3.63) is 111 Å². The van der Waals surface area contributed by atoms with Gasteiger partial charge in [0.1, 0.15) is 11.3 Å². The fourth-order valence-electron chi connectivity index (χ4n) is 5.79. The van der Waals surface area contributed by atoms with Gasteiger partial charge in [-0.2, -0.15) is 0 Å². The summed E-state index contributed by atoms with van der Waals surface area (Å²) in [6.45, 7) is 9.11. The van der Waals surface area contributed by atoms with Crippen molar-refractivity contribution in [3.8, 4) is 0 Å². The molecule has 40 heavy (non-hydrogen) atoms. The van der Waals surface area contributed by atoms with Crippen LogP contribution in [0.1, 0.15) is 62.3 Å². The fraction of sp³-hybridized carbons (Fsp3) is 0.281. The Balaban J connectivity index is 1.76. The Bertz CT molecular complexity index is 1570. The number of aliphatic carboxylic acids is 1. The number of rotatable bonds is 6. The maximum absolute atomic E-state index is 14.4. The van der Waals surface area contributed by atoms with Gasteiger partial charge in [0.25, 0.3) is 0 Å². The van der Waals surface area contributed by atoms with Gasteiger partial charge in [-0.05, 0) is 81.5 Å². The van der Waals surface area contributed by atoms with Gasteiger partial charge >= 0.3 is 12.0 Å². The highest BCUT2D eigenvalue weighted by Crippen LogP contribution is 2.58. The number of nitrogens with zero attached hydrogens (tertiary/aromatic N) is 1. The molecule has 0 spiro atoms. The summed E-state index contributed by atoms with van der Waals surface area (Å²) in [5, 5.41) is 15.7. The molecule has 206 valence electrons. The summed E-state index contributed by atoms with van der Waals surface area (Å²) >= 11 is 1.40. The minimum absolute atomic E-state index is 0.146. The molecule has 1 aliphatic rings. The highest BCUT2D eigenvalue weighted by Gasteiger charge is 2.66. The molecule has 0 bridgehead atoms. The Kier molecular flexibility index (Phi) is 7.14. The maximum atomic E-state index is 14.4. The van der Waals surface area contributed by atoms with Crippen LogP contribution in [-0.4, -0.2) is 33.3 Å². The van der Waals surface area contributed by atoms with E-state index in [4.69, 9.17) is 4.42 Å². The first-order valence-corrected chi connectivity index (χ1v) is 14.0. The number of furan rings is 1. The zero-order chi connectivity index (χ0) is 28.8. The highest BCUT2D eigenvalue weighted by molar-refractivity contribution is 7.10. The number of amides is 2. The van der Waals surface area contributed by atoms with E-state index in [1.165, 1.54) is 16.2 Å². The van der Waals surface area contributed by atoms with Crippen LogP contribution in [0.2, 0.25) is 0 Å². The number of aryl methyl sites for hydroxylation is 4. The van der Waals surface area contributed by atoms with E-state index in [1.807, 2.05) is 68.6 Å². The number of hydrogen-bond donors (Lipinski definition) is 2. The molecule has 0 aliphatic carbocycles. The predicted octanol–water partition coefficient (Wildman–Crippen LogP) is 7.29. The van der Waals surface area contributed by atoms with Gasteiger partial charge in [-0.1, -0.05) is 47.5 Å². The number of likely N-dealkylation sites (tertiary alicyclic amines) is 1. The van der Waals surface area contributed by atoms with Crippen molar-refractivity contribution in [3.63, 3.8) is 0 Å². The second kappa shape index (κ2) is 10.4. The minimum atomic E-state index is -1.76. The molecule has 1 aliphatic heterocycles. The van der Waals surface area contributed by atoms with Gasteiger partial charge in [0.2, 0.25) is 5.78 Å². The quantitative estimate of drug-likeness (QED) is 0.243. The molecular formula is C32H32N2O5S. The van der Waals surface area contributed by atoms with Gasteiger partial charge in [-0.3, -0.25) is 9.69 Å². The van der Waals surface area contributed by atoms with Gasteiger partial charge in [0, 0.05) is 16.5 Å². The molecule has 4 aromatic rings. The molecule has 4 unspecified atom stereocenters. The number of carbonyl (C=O) groups is 3. The largest absolute Gasteiger partial charge is 0.479 e. The third-order valence-corrected chi connectivity index (χ3v) is 9.03. The number of urea groups is 1. The summed E-state index contributed by atoms with van der Waals surface area (Å²) in [5.41, 5.74) is 2.36. The third-order valence-electron chi connectivity index (χ3n) is 7.93. The van der Waals surface area contributed by atoms with Crippen LogP contribution in [0.4, 0.5) is 10.5 Å². The number of benzene rings is 2. The van der Waals surface area contributed by atoms with Crippen LogP contribution in [0.15, 0.2) is 76.5 Å². The number of carboxylic acids is 1. The second-order valence-electron chi connectivity index (χ2n) is 10.7. The van der Waals surface area contributed by atoms with Crippen molar-refractivity contribution in [2.45, 2.75) is 52.1 Å². The number of carbonyl (C=O) groups excluding carboxylic acids is 2. The van der Waals surface area contributed by atoms with Crippen molar-refractivity contribution < 1.29 is 23.9 Å². The molecule has 3 heterocycles. The van der Waals surface area contributed by atoms with Gasteiger partial charge in [0.15, 0.2) is 5.76 Å². The Hall–Kier alpha value is -4.17. The number of nitrogens with one attached hydrogen (secondary N) is 1. The van der Waals surface area contributed by atoms with Gasteiger partial charge in [0.05, 0.1) is 12.0 Å². The lowest BCUT2D eigenvalue weighted by Gasteiger charge is -2.37. The maximum Gasteiger partial charge on any atom is 0.330 e. The molecular weight excluding hydrogens is 524 g/mol. The standard InChI is InChI=1S/C32H32N2O5S/c1-18-6-11-22(12-7-18)27-25(28(35)24-15-10-21(4)39-24)26(29-20(3)16-17-40-29)32(5,30(36)37)34(27)31(38)33-23-13-8-19(2)9-14-23/h6-17,25-27H,1-5H3,(H,33,38)(H,36,37). The number of ketones is 1. The van der Waals surface area contributed by atoms with E-state index >= 15 is 0 Å². The Labute approximate surface area is 237 Å². The molecule has 7 nitrogen and oxygen atoms in total. The zero-order valence-corrected chi connectivity index (χ0v) is 23.9. The highest BCUT2D eigenvalue weighted by atomic mass is 32.1. The Morgan fingerprint density at radius 2 is 1.52 bits per heavy atom. The van der Waals surface area contributed by atoms with E-state index in [1.54, 1.807) is 38.1 Å². The molecule has 0 radical (unpaired) electrons. The molecule has 5 rings (SSSR count). The molecule has 0 saturated carbocycles. The van der Waals surface area contributed by atoms with Crippen LogP contribution in [0.25, 0.3) is 0 Å². The first-order valence-electron chi connectivity index (χ1n) is 13.1. The molecule has 2 amide bonds. The minimum Gasteiger partial charge on any atom is -0.479 e. The van der Waals surface area contributed by atoms with E-state index < -0.39 is 35.4 Å². The SMILES string of the molecule is Cc1ccc(NC(=O)N2C(c3ccc(C)cc3)C(C(=O)c3ccc(C)o3)C(c3sccc3C)C2(C)C(=O)O)cc1. The summed E-state index contributed by atoms with van der Waals surface area (Å²) in [4.78, 5) is 44.0. The number of carboxylic acid groups (broad SMARTS) is 1. The third kappa shape index (κ3) is 4.62. The van der Waals surface area contributed by atoms with Gasteiger partial charge in [-0.25, -0.2) is 9.59 Å². The van der Waals surface area contributed by atoms with Crippen molar-refractivity contribution in [1.82, 2.24) is 4.90 Å². The number of Topliss-reactive ketones (excluding diaryl/α,β-unsaturated/α-hetero) is 1. The van der Waals surface area contributed by atoms with Crippen molar-refractivity contribution in [1.29, 1.82) is 0 Å². The number of hydrogen-bond acceptors (Lipinski definition) is 5. The monoisotopic (exact) mass is 556 g/mol. The summed E-state index contributed by atoms with van der Waals surface area (Å²) < 4.78 is 5.78. The average Bonchev–Trinajstić information content (AvgIpc) is 3.61. The van der Waals surface area contributed by atoms with Crippen LogP contribution in [0.5, 0.6) is 0 Å². The smallest absolute Gasteiger partial charge is 0.330 e. The van der Waals surface area contributed by atoms with Gasteiger partial charge < -0.3 is 14.8 Å². The van der Waals surface area contributed by atoms with Crippen molar-refractivity contribution in [2.75, 3.05) is 5.32 Å². The van der Waals surface area contributed by atoms with Crippen LogP contribution >= 0.6 is 11.3 Å². The summed E-state index contributed by atoms with van der Waals surface area (Å²) in [7, 11) is 0. The van der Waals surface area contributed by atoms with E-state index in [-0.39, 0.29) is 11.5 Å². The van der Waals surface area contributed by atoms with Crippen molar-refractivity contribution >= 4 is 34.8 Å². The summed E-state index contributed by atoms with van der Waals surface area (Å²) in [6.07, 6.45) is 0. The van der Waals surface area contributed by atoms with E-state index in [9.17, 15) is 19.5 Å². The van der Waals surface area contributed by atoms with Gasteiger partial charge in [-0.15, -0.1) is 11.3 Å². The second-order valence-corrected chi connectivity index (χ2v) is 11.7. The van der Waals surface area contributed by atoms with Crippen LogP contribution in [-0.2, 0) is 4.79 Å². The molecule has 2 aromatic heterocycles. The summed E-state index contributed by atoms with van der Waals surface area (Å²) in [6, 6.07) is 18.6. The Morgan fingerprint density at radius 1 is 0.900 bits per heavy atom. The number of anilines is 1. The van der Waals surface area contributed by atoms with E-state index in [0.29, 0.717) is 17.0 Å². The van der Waals surface area contributed by atoms with Crippen LogP contribution in [0.3, 0.4) is 0 Å². The number of thiophene rings is 1. The van der Waals surface area contributed by atoms with Crippen LogP contribution in [0, 0.1) is 33.6 Å². The lowest BCUT2D eigenvalue weighted by atomic mass is 9.74. The lowest BCUT2D eigenvalue weighted by Crippen LogP contribution is -2.55. The average molecular weight is 557 g/mol. The molecule has 4 atom stereocenters. The molecule has 1 saturated heterocycles. The molecule has 2 aromatic carbocycles. The normalized spacial score (nSPS) is 22.3.